The molecule has 2 aromatic heterocycles. The van der Waals surface area contributed by atoms with Crippen molar-refractivity contribution in [3.8, 4) is 5.69 Å². The van der Waals surface area contributed by atoms with Crippen LogP contribution in [0.2, 0.25) is 0 Å². The lowest BCUT2D eigenvalue weighted by atomic mass is 10.0. The number of rotatable bonds is 7. The summed E-state index contributed by atoms with van der Waals surface area (Å²) < 4.78 is 17.0. The number of nitrogens with one attached hydrogen (secondary N) is 2. The molecule has 4 rings (SSSR count). The lowest BCUT2D eigenvalue weighted by Crippen LogP contribution is -2.39. The molecule has 208 valence electrons. The number of thiophene rings is 1. The Hall–Kier alpha value is -3.58. The van der Waals surface area contributed by atoms with Crippen molar-refractivity contribution in [1.29, 1.82) is 0 Å². The maximum absolute atomic E-state index is 13.4. The van der Waals surface area contributed by atoms with Gasteiger partial charge in [-0.3, -0.25) is 9.32 Å². The van der Waals surface area contributed by atoms with Crippen LogP contribution >= 0.6 is 23.1 Å². The summed E-state index contributed by atoms with van der Waals surface area (Å²) in [5.41, 5.74) is 0.477. The number of hydrogen-bond acceptors (Lipinski definition) is 9. The summed E-state index contributed by atoms with van der Waals surface area (Å²) in [4.78, 5) is 53.6. The van der Waals surface area contributed by atoms with Crippen LogP contribution in [-0.2, 0) is 27.2 Å². The van der Waals surface area contributed by atoms with Crippen LogP contribution in [0, 0.1) is 0 Å². The molecule has 1 aliphatic rings. The third-order valence-corrected chi connectivity index (χ3v) is 8.41. The van der Waals surface area contributed by atoms with Crippen molar-refractivity contribution >= 4 is 46.1 Å². The summed E-state index contributed by atoms with van der Waals surface area (Å²) in [6, 6.07) is 9.10. The van der Waals surface area contributed by atoms with Gasteiger partial charge in [0.05, 0.1) is 24.5 Å². The van der Waals surface area contributed by atoms with Gasteiger partial charge in [0, 0.05) is 23.6 Å². The zero-order valence-electron chi connectivity index (χ0n) is 22.4. The molecule has 3 aromatic rings. The third kappa shape index (κ3) is 6.36. The molecule has 2 N–H and O–H groups in total. The number of carbonyl (C=O) groups excluding carboxylic acids is 3. The molecule has 1 atom stereocenters. The van der Waals surface area contributed by atoms with E-state index in [0.717, 1.165) is 22.2 Å². The van der Waals surface area contributed by atoms with E-state index in [-0.39, 0.29) is 23.0 Å². The second-order valence-electron chi connectivity index (χ2n) is 9.81. The molecule has 0 fully saturated rings. The quantitative estimate of drug-likeness (QED) is 0.246. The number of ether oxygens (including phenoxy) is 2. The second kappa shape index (κ2) is 11.7. The van der Waals surface area contributed by atoms with Gasteiger partial charge in [0.15, 0.2) is 0 Å². The summed E-state index contributed by atoms with van der Waals surface area (Å²) in [5.74, 6) is -0.946. The molecule has 2 amide bonds. The van der Waals surface area contributed by atoms with Gasteiger partial charge in [-0.15, -0.1) is 11.3 Å². The standard InChI is InChI=1S/C26H30N4O7S2/c1-6-17(39-22-24(33)37-28-30(22)15-10-8-7-9-11-15)20(31)27-21-19(23(32)35-5)16-12-13-29(14-18(16)38-21)25(34)36-26(2,3)4/h7-11,17H,6,12-14H2,1-5H3,(H-,27,28,31,32,33)/p+1. The SMILES string of the molecule is CCC(Sc1c(=O)o[nH][n+]1-c1ccccc1)C(=O)Nc1sc2c(c1C(=O)OC)CCN(C(=O)OC(C)(C)C)C2. The van der Waals surface area contributed by atoms with Crippen LogP contribution in [-0.4, -0.2) is 52.6 Å². The molecule has 0 saturated carbocycles. The molecule has 3 heterocycles. The molecule has 1 unspecified atom stereocenters. The van der Waals surface area contributed by atoms with E-state index >= 15 is 0 Å². The number of benzene rings is 1. The normalized spacial score (nSPS) is 13.9. The molecule has 39 heavy (non-hydrogen) atoms. The van der Waals surface area contributed by atoms with Gasteiger partial charge in [-0.1, -0.05) is 25.1 Å². The Labute approximate surface area is 233 Å². The highest BCUT2D eigenvalue weighted by molar-refractivity contribution is 8.00. The van der Waals surface area contributed by atoms with Gasteiger partial charge in [-0.2, -0.15) is 0 Å². The minimum atomic E-state index is -0.665. The Kier molecular flexibility index (Phi) is 8.50. The summed E-state index contributed by atoms with van der Waals surface area (Å²) in [5, 5.41) is 5.35. The number of nitrogens with zero attached hydrogens (tertiary/aromatic N) is 2. The summed E-state index contributed by atoms with van der Waals surface area (Å²) in [7, 11) is 1.28. The minimum absolute atomic E-state index is 0.217. The molecule has 0 radical (unpaired) electrons. The predicted octanol–water partition coefficient (Wildman–Crippen LogP) is 3.90. The van der Waals surface area contributed by atoms with E-state index in [1.54, 1.807) is 37.8 Å². The predicted molar refractivity (Wildman–Crippen MR) is 145 cm³/mol. The average molecular weight is 576 g/mol. The van der Waals surface area contributed by atoms with Gasteiger partial charge >= 0.3 is 22.7 Å². The molecule has 0 saturated heterocycles. The van der Waals surface area contributed by atoms with E-state index in [4.69, 9.17) is 14.0 Å². The van der Waals surface area contributed by atoms with E-state index < -0.39 is 28.5 Å². The number of anilines is 1. The molecule has 0 bridgehead atoms. The Morgan fingerprint density at radius 1 is 1.26 bits per heavy atom. The van der Waals surface area contributed by atoms with Crippen LogP contribution in [0.5, 0.6) is 0 Å². The molecular formula is C26H31N4O7S2+. The molecule has 11 nitrogen and oxygen atoms in total. The van der Waals surface area contributed by atoms with Gasteiger partial charge in [0.1, 0.15) is 10.6 Å². The monoisotopic (exact) mass is 575 g/mol. The fourth-order valence-electron chi connectivity index (χ4n) is 4.05. The van der Waals surface area contributed by atoms with Crippen molar-refractivity contribution in [2.75, 3.05) is 19.0 Å². The summed E-state index contributed by atoms with van der Waals surface area (Å²) in [6.07, 6.45) is 0.381. The fourth-order valence-corrected chi connectivity index (χ4v) is 6.30. The van der Waals surface area contributed by atoms with Gasteiger partial charge in [0.25, 0.3) is 0 Å². The number of H-pyrrole nitrogens is 1. The Morgan fingerprint density at radius 2 is 1.97 bits per heavy atom. The van der Waals surface area contributed by atoms with Crippen LogP contribution in [0.4, 0.5) is 9.80 Å². The first-order valence-corrected chi connectivity index (χ1v) is 14.1. The van der Waals surface area contributed by atoms with Crippen LogP contribution in [0.1, 0.15) is 54.9 Å². The molecule has 0 spiro atoms. The van der Waals surface area contributed by atoms with Crippen LogP contribution in [0.25, 0.3) is 5.69 Å². The lowest BCUT2D eigenvalue weighted by molar-refractivity contribution is -0.704. The molecule has 1 aromatic carbocycles. The second-order valence-corrected chi connectivity index (χ2v) is 12.1. The molecule has 1 aliphatic heterocycles. The first-order valence-electron chi connectivity index (χ1n) is 12.4. The zero-order valence-corrected chi connectivity index (χ0v) is 24.0. The van der Waals surface area contributed by atoms with Crippen molar-refractivity contribution in [2.45, 2.75) is 63.0 Å². The van der Waals surface area contributed by atoms with Gasteiger partial charge in [-0.05, 0) is 60.9 Å². The van der Waals surface area contributed by atoms with Crippen LogP contribution in [0.3, 0.4) is 0 Å². The number of amides is 2. The van der Waals surface area contributed by atoms with Crippen molar-refractivity contribution < 1.29 is 33.1 Å². The van der Waals surface area contributed by atoms with Crippen molar-refractivity contribution in [2.24, 2.45) is 0 Å². The lowest BCUT2D eigenvalue weighted by Gasteiger charge is -2.30. The smallest absolute Gasteiger partial charge is 0.442 e. The first kappa shape index (κ1) is 28.4. The summed E-state index contributed by atoms with van der Waals surface area (Å²) >= 11 is 2.30. The average Bonchev–Trinajstić information content (AvgIpc) is 3.45. The van der Waals surface area contributed by atoms with Crippen molar-refractivity contribution in [1.82, 2.24) is 10.2 Å². The first-order chi connectivity index (χ1) is 18.5. The van der Waals surface area contributed by atoms with Gasteiger partial charge in [-0.25, -0.2) is 14.4 Å². The van der Waals surface area contributed by atoms with Crippen molar-refractivity contribution in [3.63, 3.8) is 0 Å². The van der Waals surface area contributed by atoms with E-state index in [1.807, 2.05) is 25.1 Å². The minimum Gasteiger partial charge on any atom is -0.465 e. The third-order valence-electron chi connectivity index (χ3n) is 5.87. The van der Waals surface area contributed by atoms with Crippen molar-refractivity contribution in [3.05, 3.63) is 56.8 Å². The molecule has 0 aliphatic carbocycles. The number of methoxy groups -OCH3 is 1. The Balaban J connectivity index is 1.57. The molecular weight excluding hydrogens is 544 g/mol. The number of para-hydroxylation sites is 1. The van der Waals surface area contributed by atoms with E-state index in [2.05, 4.69) is 10.6 Å². The Bertz CT molecular complexity index is 1420. The van der Waals surface area contributed by atoms with E-state index in [9.17, 15) is 19.2 Å². The fraction of sp³-hybridized carbons (Fsp3) is 0.423. The number of esters is 1. The highest BCUT2D eigenvalue weighted by Crippen LogP contribution is 2.38. The van der Waals surface area contributed by atoms with Gasteiger partial charge in [0.2, 0.25) is 11.6 Å². The number of hydrogen-bond donors (Lipinski definition) is 2. The van der Waals surface area contributed by atoms with Gasteiger partial charge < -0.3 is 19.7 Å². The molecule has 13 heteroatoms. The number of carbonyl (C=O) groups is 3. The maximum Gasteiger partial charge on any atom is 0.442 e. The largest absolute Gasteiger partial charge is 0.465 e. The zero-order chi connectivity index (χ0) is 28.3. The van der Waals surface area contributed by atoms with E-state index in [1.165, 1.54) is 23.1 Å². The maximum atomic E-state index is 13.4. The number of fused-ring (bicyclic) bond motifs is 1. The number of aromatic nitrogens is 2. The highest BCUT2D eigenvalue weighted by Gasteiger charge is 2.35. The topological polar surface area (TPSA) is 135 Å². The van der Waals surface area contributed by atoms with E-state index in [0.29, 0.717) is 30.1 Å². The number of thioether (sulfide) groups is 1. The number of aromatic amines is 1. The van der Waals surface area contributed by atoms with Crippen LogP contribution in [0.15, 0.2) is 44.7 Å². The summed E-state index contributed by atoms with van der Waals surface area (Å²) in [6.45, 7) is 7.85. The highest BCUT2D eigenvalue weighted by atomic mass is 32.2. The Morgan fingerprint density at radius 3 is 2.62 bits per heavy atom. The van der Waals surface area contributed by atoms with Crippen LogP contribution < -0.4 is 15.6 Å².